The van der Waals surface area contributed by atoms with E-state index in [-0.39, 0.29) is 21.6 Å². The molecule has 3 aromatic rings. The van der Waals surface area contributed by atoms with Gasteiger partial charge < -0.3 is 9.30 Å². The Hall–Kier alpha value is -1.90. The molecule has 35 heavy (non-hydrogen) atoms. The zero-order valence-electron chi connectivity index (χ0n) is 19.4. The van der Waals surface area contributed by atoms with E-state index in [4.69, 9.17) is 4.74 Å². The van der Waals surface area contributed by atoms with Gasteiger partial charge in [-0.05, 0) is 49.4 Å². The molecule has 0 aliphatic carbocycles. The minimum Gasteiger partial charge on any atom is -0.380 e. The highest BCUT2D eigenvalue weighted by molar-refractivity contribution is 7.91. The van der Waals surface area contributed by atoms with Crippen LogP contribution in [0.3, 0.4) is 0 Å². The molecule has 0 radical (unpaired) electrons. The van der Waals surface area contributed by atoms with Gasteiger partial charge in [0.05, 0.1) is 27.6 Å². The number of amides is 1. The van der Waals surface area contributed by atoms with Crippen LogP contribution in [0.1, 0.15) is 19.8 Å². The lowest BCUT2D eigenvalue weighted by atomic mass is 9.99. The van der Waals surface area contributed by atoms with Crippen molar-refractivity contribution < 1.29 is 26.4 Å². The summed E-state index contributed by atoms with van der Waals surface area (Å²) in [5, 5.41) is 1.71. The molecule has 1 aliphatic heterocycles. The molecule has 1 saturated heterocycles. The molecule has 0 spiro atoms. The Kier molecular flexibility index (Phi) is 7.93. The lowest BCUT2D eigenvalue weighted by Crippen LogP contribution is -2.42. The molecular weight excluding hydrogens is 531 g/mol. The average Bonchev–Trinajstić information content (AvgIpc) is 3.47. The monoisotopic (exact) mass is 557 g/mol. The topological polar surface area (TPSA) is 115 Å². The van der Waals surface area contributed by atoms with E-state index in [9.17, 15) is 21.6 Å². The van der Waals surface area contributed by atoms with Gasteiger partial charge in [0.25, 0.3) is 15.9 Å². The number of sulfonamides is 1. The van der Waals surface area contributed by atoms with Crippen LogP contribution in [0.5, 0.6) is 0 Å². The second kappa shape index (κ2) is 10.6. The summed E-state index contributed by atoms with van der Waals surface area (Å²) in [5.41, 5.74) is 0.763. The van der Waals surface area contributed by atoms with E-state index in [2.05, 4.69) is 4.99 Å². The Morgan fingerprint density at radius 1 is 1.23 bits per heavy atom. The van der Waals surface area contributed by atoms with Crippen molar-refractivity contribution in [2.45, 2.75) is 35.4 Å². The number of nitrogens with zero attached hydrogens (tertiary/aromatic N) is 3. The highest BCUT2D eigenvalue weighted by Crippen LogP contribution is 2.27. The molecule has 3 heterocycles. The van der Waals surface area contributed by atoms with Crippen LogP contribution in [-0.4, -0.2) is 64.2 Å². The molecule has 13 heteroatoms. The Bertz CT molecular complexity index is 1490. The van der Waals surface area contributed by atoms with Crippen molar-refractivity contribution >= 4 is 58.7 Å². The highest BCUT2D eigenvalue weighted by atomic mass is 32.2. The second-order valence-corrected chi connectivity index (χ2v) is 14.4. The molecule has 4 rings (SSSR count). The van der Waals surface area contributed by atoms with Gasteiger partial charge in [0.2, 0.25) is 0 Å². The molecule has 2 aromatic heterocycles. The molecule has 1 unspecified atom stereocenters. The van der Waals surface area contributed by atoms with Crippen LogP contribution in [0.15, 0.2) is 49.8 Å². The second-order valence-electron chi connectivity index (χ2n) is 8.22. The van der Waals surface area contributed by atoms with Crippen molar-refractivity contribution in [2.24, 2.45) is 10.9 Å². The normalized spacial score (nSPS) is 18.3. The van der Waals surface area contributed by atoms with E-state index in [0.29, 0.717) is 48.6 Å². The zero-order valence-corrected chi connectivity index (χ0v) is 22.7. The number of rotatable bonds is 8. The van der Waals surface area contributed by atoms with E-state index < -0.39 is 25.8 Å². The molecule has 0 saturated carbocycles. The van der Waals surface area contributed by atoms with Crippen molar-refractivity contribution in [3.05, 3.63) is 40.5 Å². The third kappa shape index (κ3) is 5.75. The van der Waals surface area contributed by atoms with Crippen LogP contribution in [-0.2, 0) is 35.9 Å². The largest absolute Gasteiger partial charge is 0.380 e. The first-order valence-electron chi connectivity index (χ1n) is 11.1. The zero-order chi connectivity index (χ0) is 25.2. The first kappa shape index (κ1) is 26.2. The third-order valence-electron chi connectivity index (χ3n) is 5.77. The maximum Gasteiger partial charge on any atom is 0.252 e. The number of piperidine rings is 1. The lowest BCUT2D eigenvalue weighted by Gasteiger charge is -2.29. The summed E-state index contributed by atoms with van der Waals surface area (Å²) < 4.78 is 59.6. The molecule has 1 atom stereocenters. The standard InChI is InChI=1S/C22H27N3O6S4/c1-3-31-12-11-25-18-9-8-17(34(2,27)28)14-19(18)33-22(25)23-21(26)16-6-4-10-24(15-16)35(29,30)20-7-5-13-32-20/h5,7-9,13-14,16H,3-4,6,10-12,15H2,1-2H3. The number of thiazole rings is 1. The number of carbonyl (C=O) groups is 1. The summed E-state index contributed by atoms with van der Waals surface area (Å²) in [4.78, 5) is 18.2. The summed E-state index contributed by atoms with van der Waals surface area (Å²) in [6.07, 6.45) is 2.28. The predicted molar refractivity (Wildman–Crippen MR) is 136 cm³/mol. The first-order valence-corrected chi connectivity index (χ1v) is 16.2. The number of hydrogen-bond donors (Lipinski definition) is 0. The number of hydrogen-bond acceptors (Lipinski definition) is 8. The predicted octanol–water partition coefficient (Wildman–Crippen LogP) is 2.73. The number of aromatic nitrogens is 1. The van der Waals surface area contributed by atoms with E-state index in [0.717, 1.165) is 23.1 Å². The van der Waals surface area contributed by atoms with Crippen LogP contribution in [0.25, 0.3) is 10.2 Å². The molecule has 0 N–H and O–H groups in total. The van der Waals surface area contributed by atoms with Gasteiger partial charge in [-0.25, -0.2) is 16.8 Å². The van der Waals surface area contributed by atoms with Crippen LogP contribution in [0.2, 0.25) is 0 Å². The minimum absolute atomic E-state index is 0.0879. The van der Waals surface area contributed by atoms with Crippen molar-refractivity contribution in [3.8, 4) is 0 Å². The maximum absolute atomic E-state index is 13.2. The van der Waals surface area contributed by atoms with Gasteiger partial charge in [-0.1, -0.05) is 17.4 Å². The SMILES string of the molecule is CCOCCn1c(=NC(=O)C2CCCN(S(=O)(=O)c3cccs3)C2)sc2cc(S(C)(=O)=O)ccc21. The number of benzene rings is 1. The van der Waals surface area contributed by atoms with Gasteiger partial charge in [-0.3, -0.25) is 4.79 Å². The number of ether oxygens (including phenoxy) is 1. The third-order valence-corrected chi connectivity index (χ3v) is 11.2. The van der Waals surface area contributed by atoms with Crippen molar-refractivity contribution in [3.63, 3.8) is 0 Å². The Labute approximate surface area is 212 Å². The Balaban J connectivity index is 1.67. The van der Waals surface area contributed by atoms with Gasteiger partial charge in [0, 0.05) is 32.5 Å². The molecular formula is C22H27N3O6S4. The molecule has 1 aromatic carbocycles. The Morgan fingerprint density at radius 2 is 2.03 bits per heavy atom. The van der Waals surface area contributed by atoms with Crippen molar-refractivity contribution in [1.29, 1.82) is 0 Å². The van der Waals surface area contributed by atoms with E-state index in [1.54, 1.807) is 35.7 Å². The van der Waals surface area contributed by atoms with Crippen LogP contribution >= 0.6 is 22.7 Å². The number of thiophene rings is 1. The van der Waals surface area contributed by atoms with Gasteiger partial charge in [-0.2, -0.15) is 9.30 Å². The van der Waals surface area contributed by atoms with E-state index in [1.807, 2.05) is 11.5 Å². The van der Waals surface area contributed by atoms with Gasteiger partial charge in [0.15, 0.2) is 14.6 Å². The van der Waals surface area contributed by atoms with Gasteiger partial charge >= 0.3 is 0 Å². The summed E-state index contributed by atoms with van der Waals surface area (Å²) in [6, 6.07) is 8.11. The van der Waals surface area contributed by atoms with Crippen LogP contribution in [0.4, 0.5) is 0 Å². The number of sulfone groups is 1. The molecule has 9 nitrogen and oxygen atoms in total. The van der Waals surface area contributed by atoms with Crippen molar-refractivity contribution in [1.82, 2.24) is 8.87 Å². The quantitative estimate of drug-likeness (QED) is 0.394. The molecule has 1 fully saturated rings. The lowest BCUT2D eigenvalue weighted by molar-refractivity contribution is -0.122. The van der Waals surface area contributed by atoms with Crippen molar-refractivity contribution in [2.75, 3.05) is 32.6 Å². The number of carbonyl (C=O) groups excluding carboxylic acids is 1. The summed E-state index contributed by atoms with van der Waals surface area (Å²) >= 11 is 2.39. The van der Waals surface area contributed by atoms with E-state index in [1.165, 1.54) is 15.6 Å². The first-order chi connectivity index (χ1) is 16.6. The molecule has 190 valence electrons. The molecule has 1 aliphatic rings. The average molecular weight is 558 g/mol. The smallest absolute Gasteiger partial charge is 0.252 e. The fraction of sp³-hybridized carbons (Fsp3) is 0.455. The summed E-state index contributed by atoms with van der Waals surface area (Å²) in [6.45, 7) is 3.75. The van der Waals surface area contributed by atoms with Crippen LogP contribution in [0, 0.1) is 5.92 Å². The highest BCUT2D eigenvalue weighted by Gasteiger charge is 2.33. The maximum atomic E-state index is 13.2. The Morgan fingerprint density at radius 3 is 2.71 bits per heavy atom. The molecule has 1 amide bonds. The van der Waals surface area contributed by atoms with E-state index >= 15 is 0 Å². The number of fused-ring (bicyclic) bond motifs is 1. The fourth-order valence-corrected chi connectivity index (χ4v) is 8.46. The van der Waals surface area contributed by atoms with Gasteiger partial charge in [-0.15, -0.1) is 11.3 Å². The molecule has 0 bridgehead atoms. The summed E-state index contributed by atoms with van der Waals surface area (Å²) in [5.74, 6) is -0.924. The summed E-state index contributed by atoms with van der Waals surface area (Å²) in [7, 11) is -7.02. The van der Waals surface area contributed by atoms with Gasteiger partial charge in [0.1, 0.15) is 4.21 Å². The minimum atomic E-state index is -3.64. The van der Waals surface area contributed by atoms with Crippen LogP contribution < -0.4 is 4.80 Å². The fourth-order valence-electron chi connectivity index (χ4n) is 3.97.